The molecule has 184 valence electrons. The van der Waals surface area contributed by atoms with Crippen LogP contribution in [0.2, 0.25) is 0 Å². The molecule has 0 saturated carbocycles. The second-order valence-corrected chi connectivity index (χ2v) is 11.7. The highest BCUT2D eigenvalue weighted by molar-refractivity contribution is 7.99. The number of fused-ring (bicyclic) bond motifs is 5. The Balaban J connectivity index is 1.35. The molecule has 35 heavy (non-hydrogen) atoms. The van der Waals surface area contributed by atoms with Gasteiger partial charge in [0.05, 0.1) is 23.3 Å². The molecule has 0 fully saturated rings. The molecule has 4 aromatic rings. The van der Waals surface area contributed by atoms with Gasteiger partial charge in [0.25, 0.3) is 5.56 Å². The predicted molar refractivity (Wildman–Crippen MR) is 139 cm³/mol. The van der Waals surface area contributed by atoms with E-state index in [1.807, 2.05) is 43.4 Å². The van der Waals surface area contributed by atoms with Crippen molar-refractivity contribution in [2.75, 3.05) is 5.75 Å². The number of thiophene rings is 1. The number of carbonyl (C=O) groups excluding carboxylic acids is 1. The summed E-state index contributed by atoms with van der Waals surface area (Å²) in [6, 6.07) is 10.3. The lowest BCUT2D eigenvalue weighted by Crippen LogP contribution is -2.34. The minimum Gasteiger partial charge on any atom is -0.370 e. The fraction of sp³-hybridized carbons (Fsp3) is 0.440. The molecule has 0 spiro atoms. The zero-order chi connectivity index (χ0) is 24.7. The fourth-order valence-corrected chi connectivity index (χ4v) is 6.50. The molecule has 1 aliphatic rings. The minimum atomic E-state index is -0.318. The van der Waals surface area contributed by atoms with Crippen molar-refractivity contribution in [3.63, 3.8) is 0 Å². The molecule has 3 aromatic heterocycles. The first-order valence-electron chi connectivity index (χ1n) is 11.7. The Kier molecular flexibility index (Phi) is 6.45. The smallest absolute Gasteiger partial charge is 0.263 e. The van der Waals surface area contributed by atoms with Crippen molar-refractivity contribution in [1.82, 2.24) is 24.5 Å². The van der Waals surface area contributed by atoms with Crippen LogP contribution in [0, 0.1) is 0 Å². The van der Waals surface area contributed by atoms with Crippen molar-refractivity contribution >= 4 is 45.0 Å². The lowest BCUT2D eigenvalue weighted by molar-refractivity contribution is -0.119. The van der Waals surface area contributed by atoms with E-state index in [2.05, 4.69) is 27.6 Å². The monoisotopic (exact) mass is 511 g/mol. The summed E-state index contributed by atoms with van der Waals surface area (Å²) < 4.78 is 9.43. The molecule has 0 bridgehead atoms. The van der Waals surface area contributed by atoms with Crippen LogP contribution < -0.4 is 10.9 Å². The van der Waals surface area contributed by atoms with E-state index in [0.29, 0.717) is 29.3 Å². The highest BCUT2D eigenvalue weighted by Crippen LogP contribution is 2.38. The third kappa shape index (κ3) is 4.74. The topological polar surface area (TPSA) is 90.5 Å². The first kappa shape index (κ1) is 24.0. The summed E-state index contributed by atoms with van der Waals surface area (Å²) in [4.78, 5) is 27.8. The molecule has 1 atom stereocenters. The Bertz CT molecular complexity index is 1460. The van der Waals surface area contributed by atoms with Crippen LogP contribution in [0.25, 0.3) is 16.0 Å². The number of amides is 1. The van der Waals surface area contributed by atoms with Crippen LogP contribution in [0.15, 0.2) is 40.3 Å². The third-order valence-electron chi connectivity index (χ3n) is 6.36. The Morgan fingerprint density at radius 1 is 1.29 bits per heavy atom. The molecule has 0 radical (unpaired) electrons. The SMILES string of the molecule is C[C@@H](CCc1ccccc1)NC(=O)CSc1nnc2n(C)c(=O)c3c4c(sc3n12)COC(C)(C)C4. The number of benzene rings is 1. The van der Waals surface area contributed by atoms with Crippen LogP contribution in [0.4, 0.5) is 0 Å². The molecule has 4 heterocycles. The maximum absolute atomic E-state index is 13.2. The van der Waals surface area contributed by atoms with E-state index in [1.165, 1.54) is 17.3 Å². The highest BCUT2D eigenvalue weighted by atomic mass is 32.2. The molecule has 0 unspecified atom stereocenters. The van der Waals surface area contributed by atoms with Gasteiger partial charge in [-0.15, -0.1) is 21.5 Å². The van der Waals surface area contributed by atoms with Gasteiger partial charge in [0, 0.05) is 24.4 Å². The largest absolute Gasteiger partial charge is 0.370 e. The molecule has 0 aliphatic carbocycles. The van der Waals surface area contributed by atoms with Crippen molar-refractivity contribution in [3.05, 3.63) is 56.7 Å². The van der Waals surface area contributed by atoms with E-state index in [1.54, 1.807) is 23.0 Å². The summed E-state index contributed by atoms with van der Waals surface area (Å²) in [7, 11) is 1.72. The van der Waals surface area contributed by atoms with E-state index < -0.39 is 0 Å². The van der Waals surface area contributed by atoms with Crippen LogP contribution in [0.3, 0.4) is 0 Å². The number of carbonyl (C=O) groups is 1. The van der Waals surface area contributed by atoms with Gasteiger partial charge in [0.2, 0.25) is 11.7 Å². The number of aryl methyl sites for hydroxylation is 2. The number of nitrogens with zero attached hydrogens (tertiary/aromatic N) is 4. The lowest BCUT2D eigenvalue weighted by atomic mass is 9.94. The summed E-state index contributed by atoms with van der Waals surface area (Å²) in [5, 5.41) is 13.0. The van der Waals surface area contributed by atoms with Crippen LogP contribution in [0.5, 0.6) is 0 Å². The van der Waals surface area contributed by atoms with Gasteiger partial charge in [0.1, 0.15) is 4.83 Å². The maximum atomic E-state index is 13.2. The van der Waals surface area contributed by atoms with E-state index in [-0.39, 0.29) is 28.9 Å². The van der Waals surface area contributed by atoms with Gasteiger partial charge >= 0.3 is 0 Å². The lowest BCUT2D eigenvalue weighted by Gasteiger charge is -2.29. The van der Waals surface area contributed by atoms with Gasteiger partial charge in [-0.3, -0.25) is 14.2 Å². The third-order valence-corrected chi connectivity index (χ3v) is 8.47. The molecule has 1 aromatic carbocycles. The van der Waals surface area contributed by atoms with E-state index in [0.717, 1.165) is 28.1 Å². The second kappa shape index (κ2) is 9.40. The molecule has 1 aliphatic heterocycles. The number of thioether (sulfide) groups is 1. The standard InChI is InChI=1S/C25H29N5O3S2/c1-15(10-11-16-8-6-5-7-9-16)26-19(31)14-34-24-28-27-23-29(4)21(32)20-17-12-25(2,3)33-13-18(17)35-22(20)30(23)24/h5-9,15H,10-14H2,1-4H3,(H,26,31)/t15-/m0/s1. The number of rotatable bonds is 7. The summed E-state index contributed by atoms with van der Waals surface area (Å²) in [6.07, 6.45) is 2.47. The molecular formula is C25H29N5O3S2. The predicted octanol–water partition coefficient (Wildman–Crippen LogP) is 3.72. The fourth-order valence-electron chi connectivity index (χ4n) is 4.47. The normalized spacial score (nSPS) is 15.9. The van der Waals surface area contributed by atoms with Crippen LogP contribution in [-0.4, -0.2) is 42.5 Å². The summed E-state index contributed by atoms with van der Waals surface area (Å²) >= 11 is 2.89. The van der Waals surface area contributed by atoms with Crippen molar-refractivity contribution in [1.29, 1.82) is 0 Å². The number of nitrogens with one attached hydrogen (secondary N) is 1. The van der Waals surface area contributed by atoms with Gasteiger partial charge in [-0.1, -0.05) is 42.1 Å². The Morgan fingerprint density at radius 2 is 2.06 bits per heavy atom. The van der Waals surface area contributed by atoms with E-state index in [9.17, 15) is 9.59 Å². The van der Waals surface area contributed by atoms with Crippen molar-refractivity contribution in [2.45, 2.75) is 63.4 Å². The molecule has 5 rings (SSSR count). The van der Waals surface area contributed by atoms with Gasteiger partial charge in [0.15, 0.2) is 5.16 Å². The van der Waals surface area contributed by atoms with Crippen molar-refractivity contribution in [3.8, 4) is 0 Å². The summed E-state index contributed by atoms with van der Waals surface area (Å²) in [6.45, 7) is 6.60. The zero-order valence-electron chi connectivity index (χ0n) is 20.3. The average molecular weight is 512 g/mol. The number of ether oxygens (including phenoxy) is 1. The Hall–Kier alpha value is -2.69. The maximum Gasteiger partial charge on any atom is 0.263 e. The van der Waals surface area contributed by atoms with Crippen LogP contribution in [0.1, 0.15) is 43.2 Å². The number of hydrogen-bond acceptors (Lipinski definition) is 7. The molecular weight excluding hydrogens is 482 g/mol. The van der Waals surface area contributed by atoms with E-state index in [4.69, 9.17) is 4.74 Å². The van der Waals surface area contributed by atoms with Gasteiger partial charge in [-0.25, -0.2) is 4.40 Å². The van der Waals surface area contributed by atoms with Gasteiger partial charge in [-0.05, 0) is 44.7 Å². The Morgan fingerprint density at radius 3 is 2.83 bits per heavy atom. The Labute approximate surface area is 211 Å². The van der Waals surface area contributed by atoms with Crippen LogP contribution in [-0.2, 0) is 36.0 Å². The van der Waals surface area contributed by atoms with Gasteiger partial charge < -0.3 is 10.1 Å². The van der Waals surface area contributed by atoms with Gasteiger partial charge in [-0.2, -0.15) is 0 Å². The summed E-state index contributed by atoms with van der Waals surface area (Å²) in [5.74, 6) is 0.650. The molecule has 1 N–H and O–H groups in total. The minimum absolute atomic E-state index is 0.0472. The first-order valence-corrected chi connectivity index (χ1v) is 13.5. The van der Waals surface area contributed by atoms with Crippen molar-refractivity contribution < 1.29 is 9.53 Å². The zero-order valence-corrected chi connectivity index (χ0v) is 22.0. The second-order valence-electron chi connectivity index (χ2n) is 9.67. The molecule has 10 heteroatoms. The average Bonchev–Trinajstić information content (AvgIpc) is 3.41. The molecule has 1 amide bonds. The highest BCUT2D eigenvalue weighted by Gasteiger charge is 2.32. The number of hydrogen-bond donors (Lipinski definition) is 1. The van der Waals surface area contributed by atoms with E-state index >= 15 is 0 Å². The molecule has 0 saturated heterocycles. The first-order chi connectivity index (χ1) is 16.7. The van der Waals surface area contributed by atoms with Crippen LogP contribution >= 0.6 is 23.1 Å². The molecule has 8 nitrogen and oxygen atoms in total. The summed E-state index contributed by atoms with van der Waals surface area (Å²) in [5.41, 5.74) is 1.93. The quantitative estimate of drug-likeness (QED) is 0.380. The van der Waals surface area contributed by atoms with Crippen molar-refractivity contribution in [2.24, 2.45) is 7.05 Å². The number of aromatic nitrogens is 4.